The summed E-state index contributed by atoms with van der Waals surface area (Å²) in [5.41, 5.74) is 6.16. The summed E-state index contributed by atoms with van der Waals surface area (Å²) < 4.78 is 0. The largest absolute Gasteiger partial charge is 0.393 e. The van der Waals surface area contributed by atoms with E-state index in [1.54, 1.807) is 0 Å². The minimum atomic E-state index is -0.0361. The summed E-state index contributed by atoms with van der Waals surface area (Å²) >= 11 is 0. The Balaban J connectivity index is 1.63. The van der Waals surface area contributed by atoms with Crippen molar-refractivity contribution in [1.82, 2.24) is 4.90 Å². The van der Waals surface area contributed by atoms with Crippen LogP contribution in [0.25, 0.3) is 0 Å². The van der Waals surface area contributed by atoms with Gasteiger partial charge in [-0.1, -0.05) is 6.42 Å². The fraction of sp³-hybridized carbons (Fsp3) is 1.00. The van der Waals surface area contributed by atoms with Crippen molar-refractivity contribution in [3.05, 3.63) is 0 Å². The minimum absolute atomic E-state index is 0.0361. The Morgan fingerprint density at radius 1 is 1.06 bits per heavy atom. The van der Waals surface area contributed by atoms with Gasteiger partial charge in [0.2, 0.25) is 0 Å². The molecule has 4 atom stereocenters. The van der Waals surface area contributed by atoms with Crippen LogP contribution >= 0.6 is 0 Å². The molecule has 2 heterocycles. The number of piperidine rings is 1. The highest BCUT2D eigenvalue weighted by Crippen LogP contribution is 2.37. The van der Waals surface area contributed by atoms with Crippen LogP contribution in [0.2, 0.25) is 0 Å². The van der Waals surface area contributed by atoms with Crippen LogP contribution < -0.4 is 5.73 Å². The number of fused-ring (bicyclic) bond motifs is 2. The maximum absolute atomic E-state index is 9.77. The monoisotopic (exact) mass is 224 g/mol. The Kier molecular flexibility index (Phi) is 2.94. The molecule has 4 unspecified atom stereocenters. The molecular weight excluding hydrogens is 200 g/mol. The molecule has 3 rings (SSSR count). The molecule has 16 heavy (non-hydrogen) atoms. The first-order valence-electron chi connectivity index (χ1n) is 6.93. The van der Waals surface area contributed by atoms with Gasteiger partial charge in [0.15, 0.2) is 0 Å². The Morgan fingerprint density at radius 2 is 1.75 bits per heavy atom. The molecule has 0 radical (unpaired) electrons. The Labute approximate surface area is 98.0 Å². The van der Waals surface area contributed by atoms with E-state index in [1.807, 2.05) is 0 Å². The van der Waals surface area contributed by atoms with Crippen molar-refractivity contribution in [1.29, 1.82) is 0 Å². The molecule has 3 nitrogen and oxygen atoms in total. The minimum Gasteiger partial charge on any atom is -0.393 e. The predicted molar refractivity (Wildman–Crippen MR) is 64.1 cm³/mol. The number of rotatable bonds is 2. The van der Waals surface area contributed by atoms with E-state index in [9.17, 15) is 5.11 Å². The summed E-state index contributed by atoms with van der Waals surface area (Å²) in [6.45, 7) is 1.20. The first-order chi connectivity index (χ1) is 7.74. The molecule has 2 bridgehead atoms. The summed E-state index contributed by atoms with van der Waals surface area (Å²) in [6, 6.07) is 1.74. The zero-order valence-electron chi connectivity index (χ0n) is 10.0. The second-order valence-electron chi connectivity index (χ2n) is 6.06. The molecule has 0 spiro atoms. The molecule has 3 fully saturated rings. The second kappa shape index (κ2) is 4.28. The molecule has 1 aliphatic carbocycles. The molecule has 3 heteroatoms. The van der Waals surface area contributed by atoms with Gasteiger partial charge >= 0.3 is 0 Å². The van der Waals surface area contributed by atoms with Crippen LogP contribution in [-0.4, -0.2) is 40.8 Å². The molecule has 2 aliphatic heterocycles. The van der Waals surface area contributed by atoms with Crippen LogP contribution in [0.5, 0.6) is 0 Å². The lowest BCUT2D eigenvalue weighted by Crippen LogP contribution is -2.48. The molecule has 0 aromatic rings. The molecule has 3 N–H and O–H groups in total. The van der Waals surface area contributed by atoms with Crippen LogP contribution in [-0.2, 0) is 0 Å². The zero-order chi connectivity index (χ0) is 11.1. The number of nitrogens with two attached hydrogens (primary N) is 1. The van der Waals surface area contributed by atoms with Gasteiger partial charge in [-0.05, 0) is 44.4 Å². The van der Waals surface area contributed by atoms with Crippen molar-refractivity contribution in [2.24, 2.45) is 11.7 Å². The molecular formula is C13H24N2O. The van der Waals surface area contributed by atoms with Gasteiger partial charge in [-0.25, -0.2) is 0 Å². The standard InChI is InChI=1S/C13H24N2O/c14-13-3-1-2-9(13)8-15-10-4-5-11(15)7-12(16)6-10/h9-13,16H,1-8,14H2. The van der Waals surface area contributed by atoms with Gasteiger partial charge in [0, 0.05) is 24.7 Å². The summed E-state index contributed by atoms with van der Waals surface area (Å²) in [4.78, 5) is 2.67. The molecule has 3 aliphatic rings. The van der Waals surface area contributed by atoms with Crippen LogP contribution in [0.1, 0.15) is 44.9 Å². The van der Waals surface area contributed by atoms with E-state index in [2.05, 4.69) is 4.90 Å². The SMILES string of the molecule is NC1CCCC1CN1C2CCC1CC(O)C2. The van der Waals surface area contributed by atoms with Gasteiger partial charge in [-0.3, -0.25) is 4.90 Å². The van der Waals surface area contributed by atoms with Gasteiger partial charge < -0.3 is 10.8 Å². The van der Waals surface area contributed by atoms with E-state index < -0.39 is 0 Å². The molecule has 0 amide bonds. The average Bonchev–Trinajstić information content (AvgIpc) is 2.73. The lowest BCUT2D eigenvalue weighted by Gasteiger charge is -2.39. The maximum atomic E-state index is 9.77. The van der Waals surface area contributed by atoms with Gasteiger partial charge in [-0.2, -0.15) is 0 Å². The van der Waals surface area contributed by atoms with E-state index in [-0.39, 0.29) is 6.10 Å². The summed E-state index contributed by atoms with van der Waals surface area (Å²) in [5, 5.41) is 9.77. The van der Waals surface area contributed by atoms with E-state index in [0.29, 0.717) is 18.1 Å². The third-order valence-corrected chi connectivity index (χ3v) is 5.02. The number of nitrogens with zero attached hydrogens (tertiary/aromatic N) is 1. The first-order valence-corrected chi connectivity index (χ1v) is 6.93. The number of hydrogen-bond donors (Lipinski definition) is 2. The average molecular weight is 224 g/mol. The van der Waals surface area contributed by atoms with E-state index in [4.69, 9.17) is 5.73 Å². The number of aliphatic hydroxyl groups is 1. The van der Waals surface area contributed by atoms with Crippen molar-refractivity contribution < 1.29 is 5.11 Å². The van der Waals surface area contributed by atoms with Crippen LogP contribution in [0.15, 0.2) is 0 Å². The normalized spacial score (nSPS) is 48.8. The molecule has 0 aromatic heterocycles. The summed E-state index contributed by atoms with van der Waals surface area (Å²) in [7, 11) is 0. The number of hydrogen-bond acceptors (Lipinski definition) is 3. The highest BCUT2D eigenvalue weighted by molar-refractivity contribution is 4.97. The Bertz CT molecular complexity index is 244. The molecule has 2 saturated heterocycles. The summed E-state index contributed by atoms with van der Waals surface area (Å²) in [6.07, 6.45) is 8.41. The third-order valence-electron chi connectivity index (χ3n) is 5.02. The van der Waals surface area contributed by atoms with E-state index in [0.717, 1.165) is 18.8 Å². The fourth-order valence-electron chi connectivity index (χ4n) is 4.11. The predicted octanol–water partition coefficient (Wildman–Crippen LogP) is 1.10. The van der Waals surface area contributed by atoms with Crippen molar-refractivity contribution in [2.45, 2.75) is 69.2 Å². The number of aliphatic hydroxyl groups excluding tert-OH is 1. The van der Waals surface area contributed by atoms with E-state index in [1.165, 1.54) is 38.6 Å². The smallest absolute Gasteiger partial charge is 0.0570 e. The van der Waals surface area contributed by atoms with Crippen LogP contribution in [0, 0.1) is 5.92 Å². The summed E-state index contributed by atoms with van der Waals surface area (Å²) in [5.74, 6) is 0.721. The zero-order valence-corrected chi connectivity index (χ0v) is 10.0. The van der Waals surface area contributed by atoms with Crippen molar-refractivity contribution >= 4 is 0 Å². The van der Waals surface area contributed by atoms with Gasteiger partial charge in [0.1, 0.15) is 0 Å². The molecule has 0 aromatic carbocycles. The Hall–Kier alpha value is -0.120. The van der Waals surface area contributed by atoms with Crippen molar-refractivity contribution in [2.75, 3.05) is 6.54 Å². The maximum Gasteiger partial charge on any atom is 0.0570 e. The van der Waals surface area contributed by atoms with Gasteiger partial charge in [0.25, 0.3) is 0 Å². The van der Waals surface area contributed by atoms with Gasteiger partial charge in [0.05, 0.1) is 6.10 Å². The topological polar surface area (TPSA) is 49.5 Å². The van der Waals surface area contributed by atoms with Crippen molar-refractivity contribution in [3.8, 4) is 0 Å². The van der Waals surface area contributed by atoms with Gasteiger partial charge in [-0.15, -0.1) is 0 Å². The lowest BCUT2D eigenvalue weighted by molar-refractivity contribution is 0.0262. The fourth-order valence-corrected chi connectivity index (χ4v) is 4.11. The third kappa shape index (κ3) is 1.89. The first kappa shape index (κ1) is 11.0. The molecule has 1 saturated carbocycles. The lowest BCUT2D eigenvalue weighted by atomic mass is 9.96. The Morgan fingerprint density at radius 3 is 2.31 bits per heavy atom. The van der Waals surface area contributed by atoms with Crippen LogP contribution in [0.3, 0.4) is 0 Å². The van der Waals surface area contributed by atoms with E-state index >= 15 is 0 Å². The highest BCUT2D eigenvalue weighted by atomic mass is 16.3. The van der Waals surface area contributed by atoms with Crippen LogP contribution in [0.4, 0.5) is 0 Å². The quantitative estimate of drug-likeness (QED) is 0.738. The van der Waals surface area contributed by atoms with Crippen molar-refractivity contribution in [3.63, 3.8) is 0 Å². The highest BCUT2D eigenvalue weighted by Gasteiger charge is 2.41. The second-order valence-corrected chi connectivity index (χ2v) is 6.06. The molecule has 92 valence electrons.